The minimum absolute atomic E-state index is 0.182. The Morgan fingerprint density at radius 1 is 1.62 bits per heavy atom. The van der Waals surface area contributed by atoms with Crippen LogP contribution in [0.15, 0.2) is 36.9 Å². The van der Waals surface area contributed by atoms with Gasteiger partial charge in [-0.1, -0.05) is 24.3 Å². The van der Waals surface area contributed by atoms with Gasteiger partial charge in [0.15, 0.2) is 0 Å². The van der Waals surface area contributed by atoms with E-state index >= 15 is 0 Å². The molecule has 0 bridgehead atoms. The molecule has 0 amide bonds. The lowest BCUT2D eigenvalue weighted by atomic mass is 10.1. The molecular weight excluding hydrogens is 202 g/mol. The minimum Gasteiger partial charge on any atom is -0.467 e. The number of hydrogen-bond donors (Lipinski definition) is 0. The van der Waals surface area contributed by atoms with Gasteiger partial charge in [-0.25, -0.2) is 4.79 Å². The van der Waals surface area contributed by atoms with Gasteiger partial charge in [0.2, 0.25) is 0 Å². The zero-order valence-corrected chi connectivity index (χ0v) is 9.35. The number of rotatable bonds is 3. The maximum atomic E-state index is 11.7. The van der Waals surface area contributed by atoms with Gasteiger partial charge in [-0.05, 0) is 11.6 Å². The van der Waals surface area contributed by atoms with E-state index in [9.17, 15) is 4.79 Å². The maximum absolute atomic E-state index is 11.7. The Morgan fingerprint density at radius 3 is 3.06 bits per heavy atom. The summed E-state index contributed by atoms with van der Waals surface area (Å²) in [6, 6.07) is 7.84. The van der Waals surface area contributed by atoms with Crippen molar-refractivity contribution in [1.29, 1.82) is 0 Å². The average molecular weight is 217 g/mol. The first-order valence-corrected chi connectivity index (χ1v) is 5.31. The van der Waals surface area contributed by atoms with Crippen LogP contribution in [0.1, 0.15) is 5.56 Å². The van der Waals surface area contributed by atoms with Gasteiger partial charge in [0, 0.05) is 18.7 Å². The predicted molar refractivity (Wildman–Crippen MR) is 63.5 cm³/mol. The van der Waals surface area contributed by atoms with Crippen LogP contribution >= 0.6 is 0 Å². The number of ether oxygens (including phenoxy) is 1. The number of fused-ring (bicyclic) bond motifs is 1. The first-order chi connectivity index (χ1) is 7.77. The Kier molecular flexibility index (Phi) is 2.95. The molecule has 0 aliphatic carbocycles. The van der Waals surface area contributed by atoms with Crippen LogP contribution in [-0.4, -0.2) is 25.7 Å². The quantitative estimate of drug-likeness (QED) is 0.571. The summed E-state index contributed by atoms with van der Waals surface area (Å²) in [6.45, 7) is 4.39. The summed E-state index contributed by atoms with van der Waals surface area (Å²) in [5, 5.41) is 0. The molecule has 1 aromatic carbocycles. The highest BCUT2D eigenvalue weighted by molar-refractivity contribution is 5.84. The van der Waals surface area contributed by atoms with Gasteiger partial charge < -0.3 is 9.64 Å². The third-order valence-corrected chi connectivity index (χ3v) is 2.89. The number of methoxy groups -OCH3 is 1. The number of para-hydroxylation sites is 1. The zero-order valence-electron chi connectivity index (χ0n) is 9.35. The number of nitrogens with zero attached hydrogens (tertiary/aromatic N) is 1. The van der Waals surface area contributed by atoms with Crippen molar-refractivity contribution in [2.75, 3.05) is 18.6 Å². The molecule has 3 nitrogen and oxygen atoms in total. The van der Waals surface area contributed by atoms with Gasteiger partial charge >= 0.3 is 5.97 Å². The van der Waals surface area contributed by atoms with Crippen LogP contribution in [0.4, 0.5) is 5.69 Å². The van der Waals surface area contributed by atoms with Crippen LogP contribution in [0.3, 0.4) is 0 Å². The standard InChI is InChI=1S/C13H15NO2/c1-3-8-14-11-7-5-4-6-10(11)9-12(14)13(15)16-2/h3-7,12H,1,8-9H2,2H3. The fourth-order valence-corrected chi connectivity index (χ4v) is 2.16. The normalized spacial score (nSPS) is 18.1. The largest absolute Gasteiger partial charge is 0.467 e. The van der Waals surface area contributed by atoms with Crippen LogP contribution in [0, 0.1) is 0 Å². The number of benzene rings is 1. The molecule has 0 saturated carbocycles. The summed E-state index contributed by atoms with van der Waals surface area (Å²) >= 11 is 0. The van der Waals surface area contributed by atoms with E-state index in [-0.39, 0.29) is 12.0 Å². The fourth-order valence-electron chi connectivity index (χ4n) is 2.16. The summed E-state index contributed by atoms with van der Waals surface area (Å²) in [5.41, 5.74) is 2.30. The molecule has 0 radical (unpaired) electrons. The maximum Gasteiger partial charge on any atom is 0.328 e. The second-order valence-electron chi connectivity index (χ2n) is 3.81. The van der Waals surface area contributed by atoms with Crippen molar-refractivity contribution < 1.29 is 9.53 Å². The molecule has 0 aromatic heterocycles. The molecule has 84 valence electrons. The molecule has 1 aliphatic rings. The number of carbonyl (C=O) groups excluding carboxylic acids is 1. The first-order valence-electron chi connectivity index (χ1n) is 5.31. The molecule has 3 heteroatoms. The Balaban J connectivity index is 2.33. The smallest absolute Gasteiger partial charge is 0.328 e. The van der Waals surface area contributed by atoms with Crippen molar-refractivity contribution in [3.8, 4) is 0 Å². The summed E-state index contributed by atoms with van der Waals surface area (Å²) in [5.74, 6) is -0.182. The molecule has 1 atom stereocenters. The van der Waals surface area contributed by atoms with Crippen molar-refractivity contribution in [1.82, 2.24) is 0 Å². The second kappa shape index (κ2) is 4.39. The van der Waals surface area contributed by atoms with E-state index in [1.54, 1.807) is 6.08 Å². The fraction of sp³-hybridized carbons (Fsp3) is 0.308. The summed E-state index contributed by atoms with van der Waals surface area (Å²) in [6.07, 6.45) is 2.52. The van der Waals surface area contributed by atoms with E-state index < -0.39 is 0 Å². The molecule has 1 aromatic rings. The van der Waals surface area contributed by atoms with E-state index in [0.29, 0.717) is 6.54 Å². The Bertz CT molecular complexity index is 414. The highest BCUT2D eigenvalue weighted by Crippen LogP contribution is 2.32. The number of esters is 1. The summed E-state index contributed by atoms with van der Waals surface area (Å²) in [7, 11) is 1.43. The summed E-state index contributed by atoms with van der Waals surface area (Å²) < 4.78 is 4.83. The Morgan fingerprint density at radius 2 is 2.38 bits per heavy atom. The van der Waals surface area contributed by atoms with Crippen LogP contribution in [0.25, 0.3) is 0 Å². The SMILES string of the molecule is C=CCN1c2ccccc2CC1C(=O)OC. The van der Waals surface area contributed by atoms with Crippen LogP contribution in [0.2, 0.25) is 0 Å². The lowest BCUT2D eigenvalue weighted by Crippen LogP contribution is -2.39. The second-order valence-corrected chi connectivity index (χ2v) is 3.81. The zero-order chi connectivity index (χ0) is 11.5. The average Bonchev–Trinajstić information content (AvgIpc) is 2.68. The van der Waals surface area contributed by atoms with Crippen molar-refractivity contribution in [3.05, 3.63) is 42.5 Å². The molecule has 16 heavy (non-hydrogen) atoms. The van der Waals surface area contributed by atoms with Crippen LogP contribution < -0.4 is 4.90 Å². The molecule has 0 spiro atoms. The molecular formula is C13H15NO2. The number of anilines is 1. The van der Waals surface area contributed by atoms with E-state index in [1.165, 1.54) is 12.7 Å². The third kappa shape index (κ3) is 1.69. The first kappa shape index (κ1) is 10.7. The van der Waals surface area contributed by atoms with Crippen molar-refractivity contribution in [2.45, 2.75) is 12.5 Å². The number of carbonyl (C=O) groups is 1. The molecule has 1 heterocycles. The van der Waals surface area contributed by atoms with Crippen molar-refractivity contribution in [3.63, 3.8) is 0 Å². The van der Waals surface area contributed by atoms with Gasteiger partial charge in [-0.2, -0.15) is 0 Å². The van der Waals surface area contributed by atoms with E-state index in [4.69, 9.17) is 4.74 Å². The van der Waals surface area contributed by atoms with Gasteiger partial charge in [-0.15, -0.1) is 6.58 Å². The van der Waals surface area contributed by atoms with Gasteiger partial charge in [0.05, 0.1) is 7.11 Å². The molecule has 0 saturated heterocycles. The molecule has 0 fully saturated rings. The number of hydrogen-bond acceptors (Lipinski definition) is 3. The van der Waals surface area contributed by atoms with Crippen molar-refractivity contribution in [2.24, 2.45) is 0 Å². The van der Waals surface area contributed by atoms with Gasteiger partial charge in [0.1, 0.15) is 6.04 Å². The molecule has 1 aliphatic heterocycles. The summed E-state index contributed by atoms with van der Waals surface area (Å²) in [4.78, 5) is 13.7. The van der Waals surface area contributed by atoms with Gasteiger partial charge in [0.25, 0.3) is 0 Å². The lowest BCUT2D eigenvalue weighted by molar-refractivity contribution is -0.142. The highest BCUT2D eigenvalue weighted by atomic mass is 16.5. The Hall–Kier alpha value is -1.77. The topological polar surface area (TPSA) is 29.5 Å². The van der Waals surface area contributed by atoms with E-state index in [1.807, 2.05) is 29.2 Å². The molecule has 2 rings (SSSR count). The van der Waals surface area contributed by atoms with Crippen molar-refractivity contribution >= 4 is 11.7 Å². The lowest BCUT2D eigenvalue weighted by Gasteiger charge is -2.23. The van der Waals surface area contributed by atoms with Crippen LogP contribution in [-0.2, 0) is 16.0 Å². The van der Waals surface area contributed by atoms with E-state index in [2.05, 4.69) is 6.58 Å². The van der Waals surface area contributed by atoms with Gasteiger partial charge in [-0.3, -0.25) is 0 Å². The molecule has 0 N–H and O–H groups in total. The minimum atomic E-state index is -0.208. The van der Waals surface area contributed by atoms with Crippen LogP contribution in [0.5, 0.6) is 0 Å². The highest BCUT2D eigenvalue weighted by Gasteiger charge is 2.33. The van der Waals surface area contributed by atoms with E-state index in [0.717, 1.165) is 12.1 Å². The predicted octanol–water partition coefficient (Wildman–Crippen LogP) is 1.78. The Labute approximate surface area is 95.3 Å². The molecule has 1 unspecified atom stereocenters. The third-order valence-electron chi connectivity index (χ3n) is 2.89. The monoisotopic (exact) mass is 217 g/mol.